The first-order chi connectivity index (χ1) is 11.5. The van der Waals surface area contributed by atoms with Gasteiger partial charge < -0.3 is 10.4 Å². The third-order valence-electron chi connectivity index (χ3n) is 4.66. The monoisotopic (exact) mass is 328 g/mol. The fourth-order valence-corrected chi connectivity index (χ4v) is 3.16. The highest BCUT2D eigenvalue weighted by Gasteiger charge is 2.29. The number of aromatic nitrogens is 2. The predicted molar refractivity (Wildman–Crippen MR) is 93.3 cm³/mol. The SMILES string of the molecule is Cc1nn(-c2ccccc2)c(C)c1NC(=O)C(C)N1CC[C@H](O)C1. The summed E-state index contributed by atoms with van der Waals surface area (Å²) in [4.78, 5) is 14.6. The number of nitrogens with one attached hydrogen (secondary N) is 1. The summed E-state index contributed by atoms with van der Waals surface area (Å²) in [5.41, 5.74) is 3.42. The van der Waals surface area contributed by atoms with E-state index in [0.717, 1.165) is 35.7 Å². The van der Waals surface area contributed by atoms with Gasteiger partial charge in [0.25, 0.3) is 0 Å². The van der Waals surface area contributed by atoms with Crippen molar-refractivity contribution in [2.24, 2.45) is 0 Å². The first-order valence-corrected chi connectivity index (χ1v) is 8.32. The molecule has 24 heavy (non-hydrogen) atoms. The van der Waals surface area contributed by atoms with Gasteiger partial charge >= 0.3 is 0 Å². The van der Waals surface area contributed by atoms with Crippen molar-refractivity contribution in [3.05, 3.63) is 41.7 Å². The number of aliphatic hydroxyl groups is 1. The Balaban J connectivity index is 1.78. The van der Waals surface area contributed by atoms with E-state index in [1.54, 1.807) is 0 Å². The van der Waals surface area contributed by atoms with Crippen LogP contribution < -0.4 is 5.32 Å². The minimum atomic E-state index is -0.329. The lowest BCUT2D eigenvalue weighted by Gasteiger charge is -2.23. The molecule has 0 saturated carbocycles. The fourth-order valence-electron chi connectivity index (χ4n) is 3.16. The molecule has 0 spiro atoms. The van der Waals surface area contributed by atoms with Crippen molar-refractivity contribution in [3.63, 3.8) is 0 Å². The number of hydrogen-bond acceptors (Lipinski definition) is 4. The van der Waals surface area contributed by atoms with Crippen LogP contribution in [0.15, 0.2) is 30.3 Å². The van der Waals surface area contributed by atoms with Crippen LogP contribution in [0, 0.1) is 13.8 Å². The minimum Gasteiger partial charge on any atom is -0.392 e. The molecule has 1 aromatic heterocycles. The van der Waals surface area contributed by atoms with E-state index in [-0.39, 0.29) is 18.1 Å². The Morgan fingerprint density at radius 1 is 1.33 bits per heavy atom. The van der Waals surface area contributed by atoms with Crippen molar-refractivity contribution in [2.75, 3.05) is 18.4 Å². The Bertz CT molecular complexity index is 726. The van der Waals surface area contributed by atoms with E-state index in [2.05, 4.69) is 10.4 Å². The molecule has 1 amide bonds. The number of aryl methyl sites for hydroxylation is 1. The van der Waals surface area contributed by atoms with Gasteiger partial charge in [-0.15, -0.1) is 0 Å². The van der Waals surface area contributed by atoms with Crippen LogP contribution in [-0.4, -0.2) is 50.9 Å². The summed E-state index contributed by atoms with van der Waals surface area (Å²) in [6.07, 6.45) is 0.395. The number of rotatable bonds is 4. The van der Waals surface area contributed by atoms with Gasteiger partial charge in [0.05, 0.1) is 34.9 Å². The number of carbonyl (C=O) groups is 1. The zero-order chi connectivity index (χ0) is 17.3. The van der Waals surface area contributed by atoms with E-state index in [9.17, 15) is 9.90 Å². The van der Waals surface area contributed by atoms with Gasteiger partial charge in [0.2, 0.25) is 5.91 Å². The molecule has 1 unspecified atom stereocenters. The number of aliphatic hydroxyl groups excluding tert-OH is 1. The van der Waals surface area contributed by atoms with Crippen LogP contribution in [0.25, 0.3) is 5.69 Å². The van der Waals surface area contributed by atoms with Crippen LogP contribution in [0.4, 0.5) is 5.69 Å². The molecule has 1 aromatic carbocycles. The van der Waals surface area contributed by atoms with Crippen LogP contribution in [0.2, 0.25) is 0 Å². The molecule has 3 rings (SSSR count). The fraction of sp³-hybridized carbons (Fsp3) is 0.444. The molecule has 1 aliphatic rings. The van der Waals surface area contributed by atoms with Gasteiger partial charge in [-0.25, -0.2) is 4.68 Å². The number of para-hydroxylation sites is 1. The molecule has 6 nitrogen and oxygen atoms in total. The molecule has 2 aromatic rings. The molecule has 1 fully saturated rings. The van der Waals surface area contributed by atoms with Crippen molar-refractivity contribution in [1.29, 1.82) is 0 Å². The lowest BCUT2D eigenvalue weighted by atomic mass is 10.2. The van der Waals surface area contributed by atoms with Gasteiger partial charge in [-0.3, -0.25) is 9.69 Å². The van der Waals surface area contributed by atoms with Crippen molar-refractivity contribution in [2.45, 2.75) is 39.3 Å². The molecular formula is C18H24N4O2. The van der Waals surface area contributed by atoms with Gasteiger partial charge in [0.15, 0.2) is 0 Å². The first kappa shape index (κ1) is 16.7. The first-order valence-electron chi connectivity index (χ1n) is 8.32. The third-order valence-corrected chi connectivity index (χ3v) is 4.66. The van der Waals surface area contributed by atoms with Crippen LogP contribution >= 0.6 is 0 Å². The molecule has 0 radical (unpaired) electrons. The van der Waals surface area contributed by atoms with Crippen molar-refractivity contribution >= 4 is 11.6 Å². The number of anilines is 1. The Kier molecular flexibility index (Phi) is 4.69. The van der Waals surface area contributed by atoms with E-state index in [1.165, 1.54) is 0 Å². The highest BCUT2D eigenvalue weighted by Crippen LogP contribution is 2.23. The maximum Gasteiger partial charge on any atom is 0.241 e. The Morgan fingerprint density at radius 2 is 2.04 bits per heavy atom. The summed E-state index contributed by atoms with van der Waals surface area (Å²) >= 11 is 0. The second kappa shape index (κ2) is 6.75. The van der Waals surface area contributed by atoms with Crippen molar-refractivity contribution in [3.8, 4) is 5.69 Å². The van der Waals surface area contributed by atoms with Gasteiger partial charge in [0.1, 0.15) is 0 Å². The summed E-state index contributed by atoms with van der Waals surface area (Å²) < 4.78 is 1.84. The van der Waals surface area contributed by atoms with Crippen molar-refractivity contribution in [1.82, 2.24) is 14.7 Å². The van der Waals surface area contributed by atoms with Crippen LogP contribution in [-0.2, 0) is 4.79 Å². The maximum atomic E-state index is 12.6. The third kappa shape index (κ3) is 3.20. The number of amides is 1. The van der Waals surface area contributed by atoms with E-state index >= 15 is 0 Å². The highest BCUT2D eigenvalue weighted by atomic mass is 16.3. The molecule has 6 heteroatoms. The zero-order valence-corrected chi connectivity index (χ0v) is 14.4. The van der Waals surface area contributed by atoms with Crippen LogP contribution in [0.1, 0.15) is 24.7 Å². The molecule has 1 aliphatic heterocycles. The summed E-state index contributed by atoms with van der Waals surface area (Å²) in [6, 6.07) is 9.58. The van der Waals surface area contributed by atoms with Crippen LogP contribution in [0.3, 0.4) is 0 Å². The van der Waals surface area contributed by atoms with E-state index in [0.29, 0.717) is 6.54 Å². The summed E-state index contributed by atoms with van der Waals surface area (Å²) in [5, 5.41) is 17.2. The normalized spacial score (nSPS) is 19.4. The molecule has 0 bridgehead atoms. The summed E-state index contributed by atoms with van der Waals surface area (Å²) in [7, 11) is 0. The molecule has 2 atom stereocenters. The quantitative estimate of drug-likeness (QED) is 0.899. The number of carbonyl (C=O) groups excluding carboxylic acids is 1. The lowest BCUT2D eigenvalue weighted by Crippen LogP contribution is -2.41. The van der Waals surface area contributed by atoms with Crippen LogP contribution in [0.5, 0.6) is 0 Å². The number of hydrogen-bond donors (Lipinski definition) is 2. The second-order valence-electron chi connectivity index (χ2n) is 6.40. The number of likely N-dealkylation sites (tertiary alicyclic amines) is 1. The summed E-state index contributed by atoms with van der Waals surface area (Å²) in [6.45, 7) is 7.02. The molecule has 128 valence electrons. The topological polar surface area (TPSA) is 70.4 Å². The number of benzene rings is 1. The second-order valence-corrected chi connectivity index (χ2v) is 6.40. The van der Waals surface area contributed by atoms with E-state index < -0.39 is 0 Å². The minimum absolute atomic E-state index is 0.0667. The molecule has 2 heterocycles. The zero-order valence-electron chi connectivity index (χ0n) is 14.4. The standard InChI is InChI=1S/C18H24N4O2/c1-12-17(13(2)22(20-12)15-7-5-4-6-8-15)19-18(24)14(3)21-10-9-16(23)11-21/h4-8,14,16,23H,9-11H2,1-3H3,(H,19,24)/t14?,16-/m0/s1. The van der Waals surface area contributed by atoms with Gasteiger partial charge in [-0.05, 0) is 39.3 Å². The molecule has 1 saturated heterocycles. The maximum absolute atomic E-state index is 12.6. The Hall–Kier alpha value is -2.18. The molecule has 0 aliphatic carbocycles. The Labute approximate surface area is 142 Å². The molecule has 2 N–H and O–H groups in total. The van der Waals surface area contributed by atoms with E-state index in [1.807, 2.05) is 60.7 Å². The van der Waals surface area contributed by atoms with Gasteiger partial charge in [-0.2, -0.15) is 5.10 Å². The number of β-amino-alcohol motifs (C(OH)–C–C–N with tert-alkyl or cyclic N) is 1. The predicted octanol–water partition coefficient (Wildman–Crippen LogP) is 1.88. The average molecular weight is 328 g/mol. The smallest absolute Gasteiger partial charge is 0.241 e. The summed E-state index contributed by atoms with van der Waals surface area (Å²) in [5.74, 6) is -0.0667. The highest BCUT2D eigenvalue weighted by molar-refractivity contribution is 5.95. The average Bonchev–Trinajstić information content (AvgIpc) is 3.13. The number of nitrogens with zero attached hydrogens (tertiary/aromatic N) is 3. The van der Waals surface area contributed by atoms with Crippen molar-refractivity contribution < 1.29 is 9.90 Å². The van der Waals surface area contributed by atoms with Gasteiger partial charge in [0, 0.05) is 13.1 Å². The van der Waals surface area contributed by atoms with E-state index in [4.69, 9.17) is 0 Å². The van der Waals surface area contributed by atoms with Gasteiger partial charge in [-0.1, -0.05) is 18.2 Å². The largest absolute Gasteiger partial charge is 0.392 e. The lowest BCUT2D eigenvalue weighted by molar-refractivity contribution is -0.120. The Morgan fingerprint density at radius 3 is 2.67 bits per heavy atom. The molecular weight excluding hydrogens is 304 g/mol.